The van der Waals surface area contributed by atoms with E-state index in [0.717, 1.165) is 0 Å². The number of carbonyl (C=O) groups is 1. The highest BCUT2D eigenvalue weighted by molar-refractivity contribution is 5.99. The summed E-state index contributed by atoms with van der Waals surface area (Å²) >= 11 is 0. The Morgan fingerprint density at radius 3 is 1.76 bits per heavy atom. The summed E-state index contributed by atoms with van der Waals surface area (Å²) in [6.07, 6.45) is 18.7. The van der Waals surface area contributed by atoms with Crippen LogP contribution in [0.3, 0.4) is 0 Å². The van der Waals surface area contributed by atoms with E-state index in [4.69, 9.17) is 0 Å². The van der Waals surface area contributed by atoms with Gasteiger partial charge in [0, 0.05) is 11.8 Å². The van der Waals surface area contributed by atoms with Crippen molar-refractivity contribution < 1.29 is 4.79 Å². The van der Waals surface area contributed by atoms with Crippen LogP contribution in [-0.4, -0.2) is 5.78 Å². The summed E-state index contributed by atoms with van der Waals surface area (Å²) in [5.74, 6) is 1.52. The van der Waals surface area contributed by atoms with E-state index in [1.165, 1.54) is 70.6 Å². The fourth-order valence-corrected chi connectivity index (χ4v) is 3.06. The second kappa shape index (κ2) is 6.98. The molecule has 0 aromatic heterocycles. The van der Waals surface area contributed by atoms with Gasteiger partial charge in [-0.05, 0) is 38.5 Å². The maximum atomic E-state index is 11.6. The third-order valence-corrected chi connectivity index (χ3v) is 4.30. The first-order valence-electron chi connectivity index (χ1n) is 7.58. The van der Waals surface area contributed by atoms with Gasteiger partial charge in [-0.1, -0.05) is 44.3 Å². The van der Waals surface area contributed by atoms with Crippen molar-refractivity contribution in [3.05, 3.63) is 12.2 Å². The van der Waals surface area contributed by atoms with Crippen molar-refractivity contribution in [3.8, 4) is 0 Å². The molecule has 0 heterocycles. The quantitative estimate of drug-likeness (QED) is 0.557. The van der Waals surface area contributed by atoms with E-state index in [1.807, 2.05) is 0 Å². The summed E-state index contributed by atoms with van der Waals surface area (Å²) in [5, 5.41) is 0. The molecule has 0 radical (unpaired) electrons. The van der Waals surface area contributed by atoms with Gasteiger partial charge in [0.25, 0.3) is 0 Å². The molecular formula is C16H26O. The molecule has 1 heteroatoms. The zero-order valence-corrected chi connectivity index (χ0v) is 11.0. The molecule has 0 bridgehead atoms. The van der Waals surface area contributed by atoms with Gasteiger partial charge < -0.3 is 0 Å². The molecule has 2 aliphatic rings. The molecule has 2 rings (SSSR count). The van der Waals surface area contributed by atoms with Crippen molar-refractivity contribution in [3.63, 3.8) is 0 Å². The minimum atomic E-state index is 0.468. The molecule has 0 aromatic carbocycles. The van der Waals surface area contributed by atoms with E-state index in [2.05, 4.69) is 12.2 Å². The number of carbonyl (C=O) groups excluding carboxylic acids is 1. The topological polar surface area (TPSA) is 17.1 Å². The Hall–Kier alpha value is -0.590. The molecule has 0 aliphatic heterocycles. The SMILES string of the molecule is O=C1C2CCCCC/C=C\CCCCCCC12. The lowest BCUT2D eigenvalue weighted by Gasteiger charge is -1.99. The average Bonchev–Trinajstić information content (AvgIpc) is 2.94. The van der Waals surface area contributed by atoms with Gasteiger partial charge in [0.2, 0.25) is 0 Å². The van der Waals surface area contributed by atoms with Gasteiger partial charge in [-0.2, -0.15) is 0 Å². The molecule has 17 heavy (non-hydrogen) atoms. The van der Waals surface area contributed by atoms with E-state index >= 15 is 0 Å². The van der Waals surface area contributed by atoms with Crippen LogP contribution in [0.1, 0.15) is 70.6 Å². The minimum Gasteiger partial charge on any atom is -0.299 e. The Morgan fingerprint density at radius 1 is 0.706 bits per heavy atom. The molecule has 0 amide bonds. The predicted octanol–water partition coefficient (Wildman–Crippen LogP) is 4.66. The van der Waals surface area contributed by atoms with Crippen LogP contribution in [0, 0.1) is 11.8 Å². The van der Waals surface area contributed by atoms with Crippen molar-refractivity contribution in [1.29, 1.82) is 0 Å². The van der Waals surface area contributed by atoms with Crippen LogP contribution >= 0.6 is 0 Å². The Labute approximate surface area is 106 Å². The lowest BCUT2D eigenvalue weighted by molar-refractivity contribution is -0.112. The third-order valence-electron chi connectivity index (χ3n) is 4.30. The fourth-order valence-electron chi connectivity index (χ4n) is 3.06. The highest BCUT2D eigenvalue weighted by atomic mass is 16.1. The van der Waals surface area contributed by atoms with Crippen LogP contribution in [-0.2, 0) is 4.79 Å². The average molecular weight is 234 g/mol. The molecule has 1 nitrogen and oxygen atoms in total. The standard InChI is InChI=1S/C16H26O/c17-16-14-12-10-8-6-4-2-1-3-5-7-9-11-13-15(14)16/h1-2,14-15H,3-13H2/b2-1-. The molecule has 0 aromatic rings. The normalized spacial score (nSPS) is 34.2. The number of allylic oxidation sites excluding steroid dienone is 2. The Balaban J connectivity index is 1.72. The maximum Gasteiger partial charge on any atom is 0.140 e. The van der Waals surface area contributed by atoms with Crippen molar-refractivity contribution in [2.24, 2.45) is 11.8 Å². The maximum absolute atomic E-state index is 11.6. The van der Waals surface area contributed by atoms with Crippen LogP contribution in [0.15, 0.2) is 12.2 Å². The van der Waals surface area contributed by atoms with Crippen LogP contribution in [0.4, 0.5) is 0 Å². The molecule has 1 saturated carbocycles. The zero-order chi connectivity index (χ0) is 11.9. The molecule has 1 fully saturated rings. The largest absolute Gasteiger partial charge is 0.299 e. The van der Waals surface area contributed by atoms with Gasteiger partial charge in [0.15, 0.2) is 0 Å². The predicted molar refractivity (Wildman–Crippen MR) is 71.9 cm³/mol. The van der Waals surface area contributed by atoms with Crippen molar-refractivity contribution in [1.82, 2.24) is 0 Å². The van der Waals surface area contributed by atoms with Crippen LogP contribution in [0.2, 0.25) is 0 Å². The molecule has 0 N–H and O–H groups in total. The molecule has 2 atom stereocenters. The number of hydrogen-bond donors (Lipinski definition) is 0. The van der Waals surface area contributed by atoms with Gasteiger partial charge >= 0.3 is 0 Å². The first-order chi connectivity index (χ1) is 8.39. The minimum absolute atomic E-state index is 0.468. The van der Waals surface area contributed by atoms with E-state index in [9.17, 15) is 4.79 Å². The lowest BCUT2D eigenvalue weighted by Crippen LogP contribution is -1.86. The Bertz CT molecular complexity index is 267. The number of fused-ring (bicyclic) bond motifs is 1. The fraction of sp³-hybridized carbons (Fsp3) is 0.812. The summed E-state index contributed by atoms with van der Waals surface area (Å²) in [6, 6.07) is 0. The lowest BCUT2D eigenvalue weighted by atomic mass is 10.1. The number of Topliss-reactive ketones (excluding diaryl/α,β-unsaturated/α-hetero) is 1. The van der Waals surface area contributed by atoms with Crippen LogP contribution in [0.5, 0.6) is 0 Å². The van der Waals surface area contributed by atoms with Crippen molar-refractivity contribution in [2.75, 3.05) is 0 Å². The van der Waals surface area contributed by atoms with Crippen molar-refractivity contribution >= 4 is 5.78 Å². The highest BCUT2D eigenvalue weighted by Crippen LogP contribution is 2.41. The summed E-state index contributed by atoms with van der Waals surface area (Å²) in [5.41, 5.74) is 0. The first kappa shape index (κ1) is 12.9. The molecule has 96 valence electrons. The summed E-state index contributed by atoms with van der Waals surface area (Å²) in [4.78, 5) is 11.6. The smallest absolute Gasteiger partial charge is 0.140 e. The van der Waals surface area contributed by atoms with Crippen LogP contribution in [0.25, 0.3) is 0 Å². The van der Waals surface area contributed by atoms with E-state index < -0.39 is 0 Å². The second-order valence-electron chi connectivity index (χ2n) is 5.72. The van der Waals surface area contributed by atoms with Gasteiger partial charge in [-0.15, -0.1) is 0 Å². The third kappa shape index (κ3) is 4.29. The first-order valence-corrected chi connectivity index (χ1v) is 7.58. The summed E-state index contributed by atoms with van der Waals surface area (Å²) in [6.45, 7) is 0. The summed E-state index contributed by atoms with van der Waals surface area (Å²) in [7, 11) is 0. The van der Waals surface area contributed by atoms with Gasteiger partial charge in [0.1, 0.15) is 5.78 Å². The Morgan fingerprint density at radius 2 is 1.18 bits per heavy atom. The van der Waals surface area contributed by atoms with Gasteiger partial charge in [-0.25, -0.2) is 0 Å². The zero-order valence-electron chi connectivity index (χ0n) is 11.0. The van der Waals surface area contributed by atoms with Crippen molar-refractivity contribution in [2.45, 2.75) is 70.6 Å². The molecule has 0 saturated heterocycles. The van der Waals surface area contributed by atoms with E-state index in [1.54, 1.807) is 0 Å². The number of rotatable bonds is 0. The molecule has 2 aliphatic carbocycles. The molecular weight excluding hydrogens is 208 g/mol. The van der Waals surface area contributed by atoms with E-state index in [-0.39, 0.29) is 0 Å². The monoisotopic (exact) mass is 234 g/mol. The molecule has 0 spiro atoms. The second-order valence-corrected chi connectivity index (χ2v) is 5.72. The summed E-state index contributed by atoms with van der Waals surface area (Å²) < 4.78 is 0. The number of hydrogen-bond acceptors (Lipinski definition) is 1. The number of ketones is 1. The van der Waals surface area contributed by atoms with Gasteiger partial charge in [0.05, 0.1) is 0 Å². The van der Waals surface area contributed by atoms with Gasteiger partial charge in [-0.3, -0.25) is 4.79 Å². The highest BCUT2D eigenvalue weighted by Gasteiger charge is 2.46. The van der Waals surface area contributed by atoms with Crippen LogP contribution < -0.4 is 0 Å². The molecule has 2 unspecified atom stereocenters. The van der Waals surface area contributed by atoms with E-state index in [0.29, 0.717) is 17.6 Å². The Kier molecular flexibility index (Phi) is 5.28.